The van der Waals surface area contributed by atoms with Crippen LogP contribution in [0.4, 0.5) is 26.3 Å². The van der Waals surface area contributed by atoms with Gasteiger partial charge in [-0.2, -0.15) is 26.3 Å². The molecule has 0 atom stereocenters. The highest BCUT2D eigenvalue weighted by molar-refractivity contribution is 5.44. The van der Waals surface area contributed by atoms with Crippen LogP contribution in [0.3, 0.4) is 0 Å². The monoisotopic (exact) mass is 504 g/mol. The van der Waals surface area contributed by atoms with Crippen molar-refractivity contribution >= 4 is 0 Å². The number of benzene rings is 1. The van der Waals surface area contributed by atoms with Crippen LogP contribution in [-0.2, 0) is 12.4 Å². The summed E-state index contributed by atoms with van der Waals surface area (Å²) >= 11 is 0. The van der Waals surface area contributed by atoms with Gasteiger partial charge in [-0.1, -0.05) is 12.0 Å². The van der Waals surface area contributed by atoms with Crippen molar-refractivity contribution in [3.8, 4) is 17.4 Å². The van der Waals surface area contributed by atoms with E-state index in [0.717, 1.165) is 49.9 Å². The molecule has 11 heteroatoms. The second kappa shape index (κ2) is 9.75. The van der Waals surface area contributed by atoms with Crippen molar-refractivity contribution in [2.24, 2.45) is 0 Å². The fraction of sp³-hybridized carbons (Fsp3) is 0.542. The summed E-state index contributed by atoms with van der Waals surface area (Å²) < 4.78 is 90.5. The molecule has 1 aromatic heterocycles. The Morgan fingerprint density at radius 2 is 1.60 bits per heavy atom. The molecule has 0 unspecified atom stereocenters. The minimum Gasteiger partial charge on any atom is -0.490 e. The lowest BCUT2D eigenvalue weighted by atomic mass is 9.83. The number of alkyl halides is 6. The Balaban J connectivity index is 1.63. The van der Waals surface area contributed by atoms with E-state index in [2.05, 4.69) is 4.98 Å². The Kier molecular flexibility index (Phi) is 7.08. The van der Waals surface area contributed by atoms with Crippen LogP contribution in [0, 0.1) is 0 Å². The molecule has 2 saturated heterocycles. The van der Waals surface area contributed by atoms with E-state index in [4.69, 9.17) is 14.3 Å². The Morgan fingerprint density at radius 1 is 0.943 bits per heavy atom. The van der Waals surface area contributed by atoms with E-state index in [1.165, 1.54) is 6.07 Å². The lowest BCUT2D eigenvalue weighted by Gasteiger charge is -2.52. The number of hydroxylamine groups is 2. The molecule has 35 heavy (non-hydrogen) atoms. The van der Waals surface area contributed by atoms with Crippen molar-refractivity contribution in [1.29, 1.82) is 0 Å². The average Bonchev–Trinajstić information content (AvgIpc) is 2.78. The number of ether oxygens (including phenoxy) is 2. The zero-order valence-corrected chi connectivity index (χ0v) is 19.1. The molecule has 0 amide bonds. The van der Waals surface area contributed by atoms with Gasteiger partial charge in [0.1, 0.15) is 0 Å². The molecule has 192 valence electrons. The highest BCUT2D eigenvalue weighted by Gasteiger charge is 2.51. The van der Waals surface area contributed by atoms with Gasteiger partial charge in [0.15, 0.2) is 17.2 Å². The maximum Gasteiger partial charge on any atom is 0.417 e. The Morgan fingerprint density at radius 3 is 2.17 bits per heavy atom. The van der Waals surface area contributed by atoms with E-state index in [1.807, 2.05) is 6.92 Å². The van der Waals surface area contributed by atoms with Gasteiger partial charge in [-0.15, -0.1) is 0 Å². The average molecular weight is 504 g/mol. The minimum absolute atomic E-state index is 0.0173. The van der Waals surface area contributed by atoms with E-state index < -0.39 is 29.2 Å². The normalized spacial score (nSPS) is 23.1. The van der Waals surface area contributed by atoms with Crippen LogP contribution < -0.4 is 14.3 Å². The van der Waals surface area contributed by atoms with Gasteiger partial charge in [0.05, 0.1) is 23.8 Å². The van der Waals surface area contributed by atoms with Crippen LogP contribution >= 0.6 is 0 Å². The van der Waals surface area contributed by atoms with Crippen molar-refractivity contribution in [3.63, 3.8) is 0 Å². The zero-order chi connectivity index (χ0) is 25.3. The van der Waals surface area contributed by atoms with Gasteiger partial charge in [0.25, 0.3) is 0 Å². The summed E-state index contributed by atoms with van der Waals surface area (Å²) in [5, 5.41) is 1.62. The fourth-order valence-corrected chi connectivity index (χ4v) is 4.59. The molecule has 2 aliphatic heterocycles. The highest BCUT2D eigenvalue weighted by atomic mass is 19.4. The van der Waals surface area contributed by atoms with E-state index in [1.54, 1.807) is 5.06 Å². The molecule has 2 fully saturated rings. The van der Waals surface area contributed by atoms with E-state index >= 15 is 0 Å². The van der Waals surface area contributed by atoms with Crippen molar-refractivity contribution in [2.75, 3.05) is 6.61 Å². The van der Waals surface area contributed by atoms with Crippen LogP contribution in [0.15, 0.2) is 36.5 Å². The summed E-state index contributed by atoms with van der Waals surface area (Å²) in [5.41, 5.74) is -2.76. The number of halogens is 6. The van der Waals surface area contributed by atoms with Gasteiger partial charge < -0.3 is 14.3 Å². The van der Waals surface area contributed by atoms with Crippen molar-refractivity contribution < 1.29 is 40.7 Å². The lowest BCUT2D eigenvalue weighted by Crippen LogP contribution is -2.63. The second-order valence-electron chi connectivity index (χ2n) is 8.79. The van der Waals surface area contributed by atoms with Gasteiger partial charge in [-0.25, -0.2) is 4.98 Å². The Labute approximate surface area is 198 Å². The van der Waals surface area contributed by atoms with Gasteiger partial charge in [0.2, 0.25) is 5.88 Å². The SMILES string of the molecule is CCCOc1cc(C(F)(F)F)ccc1OC12CCCC(CCC1)N2Oc1ccc(C(F)(F)F)cn1. The van der Waals surface area contributed by atoms with Crippen LogP contribution in [-0.4, -0.2) is 28.4 Å². The first-order valence-corrected chi connectivity index (χ1v) is 11.6. The standard InChI is InChI=1S/C24H26F6N2O3/c1-2-13-33-20-14-16(23(25,26)27)7-9-19(20)34-22-11-3-5-18(6-4-12-22)32(22)35-21-10-8-17(15-31-21)24(28,29)30/h7-10,14-15,18H,2-6,11-13H2,1H3. The molecule has 0 spiro atoms. The molecule has 4 rings (SSSR count). The summed E-state index contributed by atoms with van der Waals surface area (Å²) in [6.45, 7) is 2.05. The number of aromatic nitrogens is 1. The molecule has 3 heterocycles. The molecule has 0 saturated carbocycles. The Bertz CT molecular complexity index is 1000. The molecule has 5 nitrogen and oxygen atoms in total. The third-order valence-corrected chi connectivity index (χ3v) is 6.23. The third kappa shape index (κ3) is 5.60. The molecular formula is C24H26F6N2O3. The first-order valence-electron chi connectivity index (χ1n) is 11.6. The van der Waals surface area contributed by atoms with Gasteiger partial charge in [-0.05, 0) is 56.4 Å². The molecule has 0 aliphatic carbocycles. The predicted octanol–water partition coefficient (Wildman–Crippen LogP) is 7.02. The predicted molar refractivity (Wildman–Crippen MR) is 114 cm³/mol. The molecular weight excluding hydrogens is 478 g/mol. The summed E-state index contributed by atoms with van der Waals surface area (Å²) in [6.07, 6.45) is -3.52. The highest BCUT2D eigenvalue weighted by Crippen LogP contribution is 2.46. The third-order valence-electron chi connectivity index (χ3n) is 6.23. The molecule has 0 radical (unpaired) electrons. The number of nitrogens with zero attached hydrogens (tertiary/aromatic N) is 2. The summed E-state index contributed by atoms with van der Waals surface area (Å²) in [7, 11) is 0. The van der Waals surface area contributed by atoms with Crippen LogP contribution in [0.2, 0.25) is 0 Å². The second-order valence-corrected chi connectivity index (χ2v) is 8.79. The number of hydrogen-bond donors (Lipinski definition) is 0. The molecule has 0 N–H and O–H groups in total. The number of pyridine rings is 1. The number of piperidine rings is 2. The van der Waals surface area contributed by atoms with Crippen molar-refractivity contribution in [2.45, 2.75) is 76.0 Å². The zero-order valence-electron chi connectivity index (χ0n) is 19.1. The summed E-state index contributed by atoms with van der Waals surface area (Å²) in [4.78, 5) is 9.79. The first-order chi connectivity index (χ1) is 16.5. The summed E-state index contributed by atoms with van der Waals surface area (Å²) in [6, 6.07) is 5.08. The number of rotatable bonds is 7. The van der Waals surface area contributed by atoms with Gasteiger partial charge >= 0.3 is 12.4 Å². The van der Waals surface area contributed by atoms with E-state index in [0.29, 0.717) is 25.5 Å². The fourth-order valence-electron chi connectivity index (χ4n) is 4.59. The van der Waals surface area contributed by atoms with Gasteiger partial charge in [-0.3, -0.25) is 0 Å². The Hall–Kier alpha value is -2.69. The van der Waals surface area contributed by atoms with Crippen molar-refractivity contribution in [1.82, 2.24) is 10.0 Å². The van der Waals surface area contributed by atoms with Crippen molar-refractivity contribution in [3.05, 3.63) is 47.7 Å². The quantitative estimate of drug-likeness (QED) is 0.380. The molecule has 2 bridgehead atoms. The maximum absolute atomic E-state index is 13.3. The van der Waals surface area contributed by atoms with E-state index in [-0.39, 0.29) is 30.0 Å². The number of hydrogen-bond acceptors (Lipinski definition) is 5. The number of fused-ring (bicyclic) bond motifs is 2. The lowest BCUT2D eigenvalue weighted by molar-refractivity contribution is -0.287. The molecule has 2 aromatic rings. The summed E-state index contributed by atoms with van der Waals surface area (Å²) in [5.74, 6) is 0.119. The largest absolute Gasteiger partial charge is 0.490 e. The van der Waals surface area contributed by atoms with Crippen LogP contribution in [0.1, 0.15) is 63.0 Å². The topological polar surface area (TPSA) is 43.8 Å². The van der Waals surface area contributed by atoms with E-state index in [9.17, 15) is 26.3 Å². The maximum atomic E-state index is 13.3. The minimum atomic E-state index is -4.54. The molecule has 2 aliphatic rings. The van der Waals surface area contributed by atoms with Crippen LogP contribution in [0.5, 0.6) is 17.4 Å². The smallest absolute Gasteiger partial charge is 0.417 e. The van der Waals surface area contributed by atoms with Gasteiger partial charge in [0, 0.05) is 25.1 Å². The first kappa shape index (κ1) is 25.4. The van der Waals surface area contributed by atoms with Crippen LogP contribution in [0.25, 0.3) is 0 Å². The molecule has 1 aromatic carbocycles.